The third kappa shape index (κ3) is 3.65. The second-order valence-electron chi connectivity index (χ2n) is 12.0. The van der Waals surface area contributed by atoms with Crippen LogP contribution in [0.3, 0.4) is 0 Å². The maximum atomic E-state index is 6.39. The highest BCUT2D eigenvalue weighted by atomic mass is 16.3. The lowest BCUT2D eigenvalue weighted by molar-refractivity contribution is 0.619. The summed E-state index contributed by atoms with van der Waals surface area (Å²) in [7, 11) is 0. The van der Waals surface area contributed by atoms with E-state index in [0.29, 0.717) is 0 Å². The number of benzene rings is 8. The lowest BCUT2D eigenvalue weighted by atomic mass is 9.85. The average Bonchev–Trinajstić information content (AvgIpc) is 3.72. The van der Waals surface area contributed by atoms with E-state index in [9.17, 15) is 0 Å². The lowest BCUT2D eigenvalue weighted by Crippen LogP contribution is -1.91. The van der Waals surface area contributed by atoms with E-state index < -0.39 is 0 Å². The van der Waals surface area contributed by atoms with Gasteiger partial charge in [0.25, 0.3) is 0 Å². The van der Waals surface area contributed by atoms with E-state index in [4.69, 9.17) is 8.83 Å². The Bertz CT molecular complexity index is 2740. The predicted molar refractivity (Wildman–Crippen MR) is 192 cm³/mol. The molecule has 0 atom stereocenters. The van der Waals surface area contributed by atoms with Crippen LogP contribution in [0.2, 0.25) is 0 Å². The summed E-state index contributed by atoms with van der Waals surface area (Å²) < 4.78 is 12.7. The van der Waals surface area contributed by atoms with Crippen LogP contribution in [0.1, 0.15) is 0 Å². The molecule has 0 aliphatic carbocycles. The van der Waals surface area contributed by atoms with Gasteiger partial charge in [-0.25, -0.2) is 0 Å². The third-order valence-electron chi connectivity index (χ3n) is 9.52. The molecule has 46 heavy (non-hydrogen) atoms. The molecule has 10 rings (SSSR count). The fourth-order valence-corrected chi connectivity index (χ4v) is 7.45. The van der Waals surface area contributed by atoms with Crippen LogP contribution in [0.15, 0.2) is 167 Å². The van der Waals surface area contributed by atoms with Crippen LogP contribution in [0.25, 0.3) is 98.6 Å². The van der Waals surface area contributed by atoms with Crippen LogP contribution >= 0.6 is 0 Å². The van der Waals surface area contributed by atoms with Crippen molar-refractivity contribution < 1.29 is 8.83 Å². The molecule has 8 aromatic carbocycles. The number of furan rings is 2. The van der Waals surface area contributed by atoms with Crippen LogP contribution in [0.4, 0.5) is 0 Å². The quantitative estimate of drug-likeness (QED) is 0.193. The largest absolute Gasteiger partial charge is 0.463 e. The minimum atomic E-state index is 0.829. The molecule has 2 heteroatoms. The molecule has 0 radical (unpaired) electrons. The minimum Gasteiger partial charge on any atom is -0.463 e. The van der Waals surface area contributed by atoms with Gasteiger partial charge in [-0.3, -0.25) is 0 Å². The summed E-state index contributed by atoms with van der Waals surface area (Å²) in [4.78, 5) is 0. The van der Waals surface area contributed by atoms with Gasteiger partial charge in [0.15, 0.2) is 0 Å². The molecule has 0 aliphatic heterocycles. The minimum absolute atomic E-state index is 0.829. The maximum absolute atomic E-state index is 6.39. The van der Waals surface area contributed by atoms with Crippen LogP contribution in [-0.4, -0.2) is 0 Å². The Balaban J connectivity index is 1.25. The van der Waals surface area contributed by atoms with Crippen LogP contribution < -0.4 is 0 Å². The number of fused-ring (bicyclic) bond motifs is 8. The fourth-order valence-electron chi connectivity index (χ4n) is 7.45. The number of hydrogen-bond donors (Lipinski definition) is 0. The van der Waals surface area contributed by atoms with Crippen molar-refractivity contribution in [2.75, 3.05) is 0 Å². The normalized spacial score (nSPS) is 11.9. The van der Waals surface area contributed by atoms with Crippen LogP contribution in [-0.2, 0) is 0 Å². The Kier molecular flexibility index (Phi) is 5.31. The van der Waals surface area contributed by atoms with Gasteiger partial charge in [-0.05, 0) is 90.5 Å². The highest BCUT2D eigenvalue weighted by Crippen LogP contribution is 2.46. The zero-order chi connectivity index (χ0) is 30.2. The molecule has 0 fully saturated rings. The topological polar surface area (TPSA) is 26.3 Å². The first-order valence-corrected chi connectivity index (χ1v) is 15.7. The van der Waals surface area contributed by atoms with E-state index in [2.05, 4.69) is 146 Å². The first-order valence-electron chi connectivity index (χ1n) is 15.7. The van der Waals surface area contributed by atoms with Crippen molar-refractivity contribution in [2.45, 2.75) is 0 Å². The molecule has 10 aromatic rings. The van der Waals surface area contributed by atoms with E-state index in [0.717, 1.165) is 49.6 Å². The van der Waals surface area contributed by atoms with Gasteiger partial charge in [-0.1, -0.05) is 121 Å². The van der Waals surface area contributed by atoms with Gasteiger partial charge in [0, 0.05) is 16.3 Å². The van der Waals surface area contributed by atoms with Crippen molar-refractivity contribution in [1.29, 1.82) is 0 Å². The Morgan fingerprint density at radius 3 is 1.67 bits per heavy atom. The van der Waals surface area contributed by atoms with Gasteiger partial charge in [0.2, 0.25) is 0 Å². The molecule has 0 bridgehead atoms. The van der Waals surface area contributed by atoms with E-state index >= 15 is 0 Å². The van der Waals surface area contributed by atoms with Crippen LogP contribution in [0.5, 0.6) is 0 Å². The summed E-state index contributed by atoms with van der Waals surface area (Å²) in [6, 6.07) is 54.2. The molecular weight excluding hydrogens is 560 g/mol. The molecule has 0 aliphatic rings. The van der Waals surface area contributed by atoms with Gasteiger partial charge in [0.05, 0.1) is 11.6 Å². The van der Waals surface area contributed by atoms with Gasteiger partial charge in [0.1, 0.15) is 16.7 Å². The van der Waals surface area contributed by atoms with Gasteiger partial charge >= 0.3 is 0 Å². The summed E-state index contributed by atoms with van der Waals surface area (Å²) >= 11 is 0. The Labute approximate surface area is 264 Å². The Morgan fingerprint density at radius 2 is 0.957 bits per heavy atom. The molecule has 2 nitrogen and oxygen atoms in total. The zero-order valence-electron chi connectivity index (χ0n) is 24.8. The molecular formula is C44H26O2. The van der Waals surface area contributed by atoms with Crippen molar-refractivity contribution in [3.05, 3.63) is 158 Å². The second kappa shape index (κ2) is 9.69. The molecule has 214 valence electrons. The SMILES string of the molecule is c1ccc(-c2coc3c2ccc2oc4ccc(-c5c6ccccc6c(-c6ccc7ccccc7c6)c6ccccc56)cc4c23)cc1. The standard InChI is InChI=1S/C44H26O2/c1-2-11-28(12-3-1)38-26-45-44-36(38)21-23-40-43(44)37-25-31(20-22-39(37)46-40)42-34-16-8-6-14-32(34)41(33-15-7-9-17-35(33)42)30-19-18-27-10-4-5-13-29(27)24-30/h1-26H. The number of hydrogen-bond acceptors (Lipinski definition) is 2. The molecule has 0 N–H and O–H groups in total. The summed E-state index contributed by atoms with van der Waals surface area (Å²) in [5.41, 5.74) is 9.63. The molecule has 0 unspecified atom stereocenters. The Hall–Kier alpha value is -6.12. The summed E-state index contributed by atoms with van der Waals surface area (Å²) in [6.45, 7) is 0. The third-order valence-corrected chi connectivity index (χ3v) is 9.52. The van der Waals surface area contributed by atoms with Crippen molar-refractivity contribution in [3.8, 4) is 33.4 Å². The van der Waals surface area contributed by atoms with Crippen molar-refractivity contribution in [2.24, 2.45) is 0 Å². The molecule has 0 spiro atoms. The van der Waals surface area contributed by atoms with E-state index in [1.54, 1.807) is 0 Å². The van der Waals surface area contributed by atoms with E-state index in [-0.39, 0.29) is 0 Å². The van der Waals surface area contributed by atoms with E-state index in [1.807, 2.05) is 12.3 Å². The fraction of sp³-hybridized carbons (Fsp3) is 0. The number of rotatable bonds is 3. The van der Waals surface area contributed by atoms with Crippen molar-refractivity contribution in [3.63, 3.8) is 0 Å². The molecule has 2 heterocycles. The predicted octanol–water partition coefficient (Wildman–Crippen LogP) is 12.8. The monoisotopic (exact) mass is 586 g/mol. The van der Waals surface area contributed by atoms with Crippen LogP contribution in [0, 0.1) is 0 Å². The van der Waals surface area contributed by atoms with Gasteiger partial charge < -0.3 is 8.83 Å². The summed E-state index contributed by atoms with van der Waals surface area (Å²) in [5.74, 6) is 0. The lowest BCUT2D eigenvalue weighted by Gasteiger charge is -2.18. The Morgan fingerprint density at radius 1 is 0.370 bits per heavy atom. The molecule has 2 aromatic heterocycles. The smallest absolute Gasteiger partial charge is 0.146 e. The van der Waals surface area contributed by atoms with Crippen molar-refractivity contribution in [1.82, 2.24) is 0 Å². The van der Waals surface area contributed by atoms with E-state index in [1.165, 1.54) is 49.0 Å². The highest BCUT2D eigenvalue weighted by molar-refractivity contribution is 6.24. The zero-order valence-corrected chi connectivity index (χ0v) is 24.8. The molecule has 0 saturated carbocycles. The summed E-state index contributed by atoms with van der Waals surface area (Å²) in [6.07, 6.45) is 1.87. The first-order chi connectivity index (χ1) is 22.8. The second-order valence-corrected chi connectivity index (χ2v) is 12.0. The van der Waals surface area contributed by atoms with Gasteiger partial charge in [-0.15, -0.1) is 0 Å². The average molecular weight is 587 g/mol. The van der Waals surface area contributed by atoms with Crippen molar-refractivity contribution >= 4 is 65.2 Å². The van der Waals surface area contributed by atoms with Gasteiger partial charge in [-0.2, -0.15) is 0 Å². The molecule has 0 saturated heterocycles. The molecule has 0 amide bonds. The first kappa shape index (κ1) is 25.2. The highest BCUT2D eigenvalue weighted by Gasteiger charge is 2.20. The maximum Gasteiger partial charge on any atom is 0.146 e. The summed E-state index contributed by atoms with van der Waals surface area (Å²) in [5, 5.41) is 10.6.